The Bertz CT molecular complexity index is 966. The number of rotatable bonds is 1. The first kappa shape index (κ1) is 14.3. The average molecular weight is 321 g/mol. The maximum Gasteiger partial charge on any atom is 0.245 e. The predicted octanol–water partition coefficient (Wildman–Crippen LogP) is 1.60. The number of carbonyl (C=O) groups is 1. The number of ether oxygens (including phenoxy) is 1. The van der Waals surface area contributed by atoms with E-state index in [9.17, 15) is 10.1 Å². The molecule has 2 aliphatic heterocycles. The number of aromatic nitrogens is 2. The Kier molecular flexibility index (Phi) is 2.76. The third-order valence-corrected chi connectivity index (χ3v) is 4.71. The summed E-state index contributed by atoms with van der Waals surface area (Å²) in [6.45, 7) is 3.85. The fraction of sp³-hybridized carbons (Fsp3) is 0.235. The lowest BCUT2D eigenvalue weighted by Gasteiger charge is -2.32. The largest absolute Gasteiger partial charge is 0.420 e. The second-order valence-corrected chi connectivity index (χ2v) is 5.89. The number of hydrogen-bond donors (Lipinski definition) is 3. The lowest BCUT2D eigenvalue weighted by Crippen LogP contribution is -2.43. The van der Waals surface area contributed by atoms with Crippen molar-refractivity contribution in [2.45, 2.75) is 25.7 Å². The molecule has 0 bridgehead atoms. The fourth-order valence-corrected chi connectivity index (χ4v) is 3.76. The van der Waals surface area contributed by atoms with Gasteiger partial charge in [-0.1, -0.05) is 19.1 Å². The van der Waals surface area contributed by atoms with Gasteiger partial charge in [-0.25, -0.2) is 0 Å². The van der Waals surface area contributed by atoms with Gasteiger partial charge in [0.15, 0.2) is 0 Å². The fourth-order valence-electron chi connectivity index (χ4n) is 3.76. The zero-order chi connectivity index (χ0) is 17.1. The zero-order valence-electron chi connectivity index (χ0n) is 13.2. The molecule has 1 atom stereocenters. The van der Waals surface area contributed by atoms with Crippen LogP contribution in [-0.4, -0.2) is 16.1 Å². The Balaban J connectivity index is 2.20. The highest BCUT2D eigenvalue weighted by molar-refractivity contribution is 6.13. The summed E-state index contributed by atoms with van der Waals surface area (Å²) in [5.41, 5.74) is 8.36. The van der Waals surface area contributed by atoms with Crippen LogP contribution in [-0.2, 0) is 16.6 Å². The van der Waals surface area contributed by atoms with Gasteiger partial charge in [-0.15, -0.1) is 5.10 Å². The molecule has 4 N–H and O–H groups in total. The van der Waals surface area contributed by atoms with Crippen LogP contribution in [0.15, 0.2) is 29.7 Å². The third kappa shape index (κ3) is 1.45. The number of fused-ring (bicyclic) bond motifs is 4. The zero-order valence-corrected chi connectivity index (χ0v) is 13.2. The molecule has 3 heterocycles. The average Bonchev–Trinajstić information content (AvgIpc) is 3.08. The molecule has 1 aromatic heterocycles. The summed E-state index contributed by atoms with van der Waals surface area (Å²) in [5, 5.41) is 19.7. The van der Waals surface area contributed by atoms with Gasteiger partial charge < -0.3 is 15.8 Å². The molecule has 1 amide bonds. The van der Waals surface area contributed by atoms with Gasteiger partial charge in [-0.2, -0.15) is 5.26 Å². The van der Waals surface area contributed by atoms with Gasteiger partial charge in [0.2, 0.25) is 17.7 Å². The number of nitrogens with two attached hydrogens (primary N) is 1. The van der Waals surface area contributed by atoms with E-state index in [1.165, 1.54) is 0 Å². The number of aryl methyl sites for hydroxylation is 2. The molecule has 0 saturated heterocycles. The van der Waals surface area contributed by atoms with Crippen LogP contribution in [0.5, 0.6) is 5.88 Å². The molecule has 24 heavy (non-hydrogen) atoms. The highest BCUT2D eigenvalue weighted by Gasteiger charge is 2.59. The van der Waals surface area contributed by atoms with Crippen LogP contribution in [0.1, 0.15) is 29.3 Å². The number of benzene rings is 1. The number of aromatic amines is 1. The van der Waals surface area contributed by atoms with Gasteiger partial charge in [0.25, 0.3) is 0 Å². The van der Waals surface area contributed by atoms with Gasteiger partial charge in [0.1, 0.15) is 17.1 Å². The van der Waals surface area contributed by atoms with E-state index in [1.54, 1.807) is 0 Å². The number of nitriles is 1. The minimum atomic E-state index is -1.33. The number of carbonyl (C=O) groups excluding carboxylic acids is 1. The maximum absolute atomic E-state index is 13.2. The summed E-state index contributed by atoms with van der Waals surface area (Å²) in [5.74, 6) is -0.160. The lowest BCUT2D eigenvalue weighted by molar-refractivity contribution is -0.118. The van der Waals surface area contributed by atoms with Crippen LogP contribution < -0.4 is 15.8 Å². The summed E-state index contributed by atoms with van der Waals surface area (Å²) < 4.78 is 5.52. The smallest absolute Gasteiger partial charge is 0.245 e. The van der Waals surface area contributed by atoms with E-state index < -0.39 is 5.41 Å². The van der Waals surface area contributed by atoms with E-state index in [0.29, 0.717) is 17.7 Å². The standard InChI is InChI=1S/C17H15N5O2/c1-3-10-13-15(22-21-10)24-14(19)9(7-18)17(13)12-8(2)5-4-6-11(12)20-16(17)23/h4-6H,3,19H2,1-2H3,(H,20,23)(H,21,22)/t17-/m1/s1. The van der Waals surface area contributed by atoms with E-state index in [1.807, 2.05) is 32.0 Å². The van der Waals surface area contributed by atoms with Crippen molar-refractivity contribution in [1.82, 2.24) is 10.2 Å². The van der Waals surface area contributed by atoms with Crippen molar-refractivity contribution < 1.29 is 9.53 Å². The SMILES string of the molecule is CCc1[nH]nc2c1[C@@]1(C(=O)Nc3cccc(C)c31)C(C#N)=C(N)O2. The molecule has 0 aliphatic carbocycles. The Morgan fingerprint density at radius 2 is 2.21 bits per heavy atom. The van der Waals surface area contributed by atoms with E-state index in [0.717, 1.165) is 16.8 Å². The maximum atomic E-state index is 13.2. The van der Waals surface area contributed by atoms with Crippen LogP contribution in [0.2, 0.25) is 0 Å². The second-order valence-electron chi connectivity index (χ2n) is 5.89. The Morgan fingerprint density at radius 1 is 1.42 bits per heavy atom. The Morgan fingerprint density at radius 3 is 2.92 bits per heavy atom. The molecule has 0 saturated carbocycles. The molecule has 0 radical (unpaired) electrons. The van der Waals surface area contributed by atoms with Gasteiger partial charge in [-0.05, 0) is 25.0 Å². The molecule has 7 heteroatoms. The highest BCUT2D eigenvalue weighted by atomic mass is 16.5. The van der Waals surface area contributed by atoms with Crippen molar-refractivity contribution in [3.8, 4) is 11.9 Å². The number of hydrogen-bond acceptors (Lipinski definition) is 5. The summed E-state index contributed by atoms with van der Waals surface area (Å²) in [6, 6.07) is 7.69. The van der Waals surface area contributed by atoms with Crippen molar-refractivity contribution in [2.75, 3.05) is 5.32 Å². The molecule has 4 rings (SSSR count). The third-order valence-electron chi connectivity index (χ3n) is 4.71. The van der Waals surface area contributed by atoms with Crippen LogP contribution in [0.4, 0.5) is 5.69 Å². The second kappa shape index (κ2) is 4.61. The number of H-pyrrole nitrogens is 1. The van der Waals surface area contributed by atoms with E-state index in [2.05, 4.69) is 21.6 Å². The topological polar surface area (TPSA) is 117 Å². The first-order chi connectivity index (χ1) is 11.6. The normalized spacial score (nSPS) is 21.1. The molecule has 2 aromatic rings. The van der Waals surface area contributed by atoms with Gasteiger partial charge >= 0.3 is 0 Å². The minimum absolute atomic E-state index is 0.0922. The van der Waals surface area contributed by atoms with Gasteiger partial charge in [0, 0.05) is 16.9 Å². The molecular weight excluding hydrogens is 306 g/mol. The Labute approximate surface area is 138 Å². The monoisotopic (exact) mass is 321 g/mol. The van der Waals surface area contributed by atoms with E-state index in [4.69, 9.17) is 10.5 Å². The van der Waals surface area contributed by atoms with Crippen molar-refractivity contribution in [3.05, 3.63) is 52.0 Å². The molecule has 0 fully saturated rings. The number of amides is 1. The molecule has 0 unspecified atom stereocenters. The molecule has 7 nitrogen and oxygen atoms in total. The summed E-state index contributed by atoms with van der Waals surface area (Å²) >= 11 is 0. The summed E-state index contributed by atoms with van der Waals surface area (Å²) in [4.78, 5) is 13.2. The lowest BCUT2D eigenvalue weighted by atomic mass is 9.67. The van der Waals surface area contributed by atoms with Gasteiger partial charge in [0.05, 0.1) is 5.56 Å². The van der Waals surface area contributed by atoms with Crippen molar-refractivity contribution in [1.29, 1.82) is 5.26 Å². The van der Waals surface area contributed by atoms with Crippen LogP contribution >= 0.6 is 0 Å². The van der Waals surface area contributed by atoms with E-state index >= 15 is 0 Å². The molecule has 120 valence electrons. The summed E-state index contributed by atoms with van der Waals surface area (Å²) in [6.07, 6.45) is 0.612. The quantitative estimate of drug-likeness (QED) is 0.737. The number of anilines is 1. The number of nitrogens with one attached hydrogen (secondary N) is 2. The summed E-state index contributed by atoms with van der Waals surface area (Å²) in [7, 11) is 0. The Hall–Kier alpha value is -3.27. The molecular formula is C17H15N5O2. The molecule has 1 aromatic carbocycles. The van der Waals surface area contributed by atoms with E-state index in [-0.39, 0.29) is 23.2 Å². The number of nitrogens with zero attached hydrogens (tertiary/aromatic N) is 2. The first-order valence-corrected chi connectivity index (χ1v) is 7.63. The van der Waals surface area contributed by atoms with Crippen molar-refractivity contribution in [2.24, 2.45) is 5.73 Å². The van der Waals surface area contributed by atoms with Crippen molar-refractivity contribution >= 4 is 11.6 Å². The molecule has 1 spiro atoms. The molecule has 2 aliphatic rings. The van der Waals surface area contributed by atoms with Gasteiger partial charge in [-0.3, -0.25) is 9.89 Å². The predicted molar refractivity (Wildman–Crippen MR) is 86.0 cm³/mol. The first-order valence-electron chi connectivity index (χ1n) is 7.63. The van der Waals surface area contributed by atoms with Crippen LogP contribution in [0.25, 0.3) is 0 Å². The minimum Gasteiger partial charge on any atom is -0.420 e. The van der Waals surface area contributed by atoms with Crippen LogP contribution in [0, 0.1) is 18.3 Å². The van der Waals surface area contributed by atoms with Crippen LogP contribution in [0.3, 0.4) is 0 Å². The highest BCUT2D eigenvalue weighted by Crippen LogP contribution is 2.54. The van der Waals surface area contributed by atoms with Crippen molar-refractivity contribution in [3.63, 3.8) is 0 Å².